The molecule has 18 nitrogen and oxygen atoms in total. The Balaban J connectivity index is 1.54. The second-order valence-electron chi connectivity index (χ2n) is 9.30. The van der Waals surface area contributed by atoms with Gasteiger partial charge in [-0.2, -0.15) is 23.4 Å². The van der Waals surface area contributed by atoms with Crippen LogP contribution >= 0.6 is 35.7 Å². The van der Waals surface area contributed by atoms with Gasteiger partial charge in [0.1, 0.15) is 16.3 Å². The molecule has 0 fully saturated rings. The minimum absolute atomic E-state index is 0.0345. The van der Waals surface area contributed by atoms with Crippen LogP contribution in [-0.4, -0.2) is 54.6 Å². The molecule has 0 aliphatic rings. The van der Waals surface area contributed by atoms with Crippen LogP contribution in [0.25, 0.3) is 0 Å². The van der Waals surface area contributed by atoms with Crippen molar-refractivity contribution in [3.05, 3.63) is 69.2 Å². The predicted molar refractivity (Wildman–Crippen MR) is 175 cm³/mol. The average molecular weight is 741 g/mol. The smallest absolute Gasteiger partial charge is 0.330 e. The highest BCUT2D eigenvalue weighted by Gasteiger charge is 2.19. The zero-order valence-corrected chi connectivity index (χ0v) is 28.1. The van der Waals surface area contributed by atoms with Crippen molar-refractivity contribution >= 4 is 86.4 Å². The monoisotopic (exact) mass is 740 g/mol. The van der Waals surface area contributed by atoms with Crippen molar-refractivity contribution in [2.75, 3.05) is 16.4 Å². The Kier molecular flexibility index (Phi) is 12.3. The first-order valence-electron chi connectivity index (χ1n) is 13.3. The summed E-state index contributed by atoms with van der Waals surface area (Å²) in [6.07, 6.45) is 0. The molecule has 254 valence electrons. The summed E-state index contributed by atoms with van der Waals surface area (Å²) in [7, 11) is -4.76. The van der Waals surface area contributed by atoms with Crippen LogP contribution in [0.4, 0.5) is 34.6 Å². The predicted octanol–water partition coefficient (Wildman–Crippen LogP) is 5.80. The fraction of sp³-hybridized carbons (Fsp3) is 0.192. The summed E-state index contributed by atoms with van der Waals surface area (Å²) in [5, 5.41) is 35.3. The molecule has 2 aromatic heterocycles. The minimum atomic E-state index is -4.76. The molecule has 0 aliphatic carbocycles. The number of hydrogen-bond acceptors (Lipinski definition) is 18. The number of benzene rings is 2. The normalized spacial score (nSPS) is 11.5. The molecule has 0 amide bonds. The van der Waals surface area contributed by atoms with E-state index < -0.39 is 26.5 Å². The third-order valence-corrected chi connectivity index (χ3v) is 8.54. The molecular weight excluding hydrogens is 716 g/mol. The Morgan fingerprint density at radius 1 is 1.02 bits per heavy atom. The van der Waals surface area contributed by atoms with Crippen molar-refractivity contribution in [1.29, 1.82) is 0 Å². The van der Waals surface area contributed by atoms with Gasteiger partial charge in [0.25, 0.3) is 15.7 Å². The fourth-order valence-corrected chi connectivity index (χ4v) is 5.45. The number of nitrogens with one attached hydrogen (secondary N) is 2. The summed E-state index contributed by atoms with van der Waals surface area (Å²) in [5.74, 6) is -1.09. The maximum absolute atomic E-state index is 12.9. The molecule has 48 heavy (non-hydrogen) atoms. The molecule has 5 N–H and O–H groups in total. The van der Waals surface area contributed by atoms with E-state index in [2.05, 4.69) is 45.2 Å². The Labute approximate surface area is 285 Å². The summed E-state index contributed by atoms with van der Waals surface area (Å²) < 4.78 is 44.2. The Morgan fingerprint density at radius 2 is 1.67 bits per heavy atom. The van der Waals surface area contributed by atoms with E-state index >= 15 is 0 Å². The summed E-state index contributed by atoms with van der Waals surface area (Å²) in [4.78, 5) is 36.9. The van der Waals surface area contributed by atoms with Gasteiger partial charge in [0.15, 0.2) is 11.6 Å². The van der Waals surface area contributed by atoms with Crippen LogP contribution in [0.1, 0.15) is 18.1 Å². The number of carbonyl (C=O) groups is 1. The molecule has 0 saturated carbocycles. The lowest BCUT2D eigenvalue weighted by Crippen LogP contribution is -2.20. The lowest BCUT2D eigenvalue weighted by atomic mass is 10.1. The number of rotatable bonds is 14. The number of anilines is 4. The van der Waals surface area contributed by atoms with Crippen LogP contribution < -0.4 is 16.2 Å². The zero-order chi connectivity index (χ0) is 35.0. The molecule has 0 aliphatic heterocycles. The highest BCUT2D eigenvalue weighted by atomic mass is 35.5. The van der Waals surface area contributed by atoms with Gasteiger partial charge in [0.05, 0.1) is 12.0 Å². The number of halogens is 1. The summed E-state index contributed by atoms with van der Waals surface area (Å²) in [6, 6.07) is 10.2. The van der Waals surface area contributed by atoms with E-state index in [0.29, 0.717) is 33.8 Å². The lowest BCUT2D eigenvalue weighted by Gasteiger charge is -2.12. The van der Waals surface area contributed by atoms with E-state index in [9.17, 15) is 27.7 Å². The van der Waals surface area contributed by atoms with Gasteiger partial charge in [0, 0.05) is 40.4 Å². The Hall–Kier alpha value is -4.35. The molecule has 0 bridgehead atoms. The van der Waals surface area contributed by atoms with E-state index in [0.717, 1.165) is 22.7 Å². The number of aromatic nitrogens is 4. The largest absolute Gasteiger partial charge is 0.494 e. The lowest BCUT2D eigenvalue weighted by molar-refractivity contribution is -0.432. The van der Waals surface area contributed by atoms with Crippen LogP contribution in [0.5, 0.6) is 5.88 Å². The van der Waals surface area contributed by atoms with Crippen molar-refractivity contribution in [1.82, 2.24) is 19.5 Å². The van der Waals surface area contributed by atoms with Crippen molar-refractivity contribution < 1.29 is 41.7 Å². The Bertz CT molecular complexity index is 2010. The molecule has 22 heteroatoms. The van der Waals surface area contributed by atoms with Gasteiger partial charge in [-0.05, 0) is 80.4 Å². The van der Waals surface area contributed by atoms with Crippen molar-refractivity contribution in [3.8, 4) is 5.88 Å². The number of hydrogen-bond donors (Lipinski definition) is 5. The standard InChI is InChI=1S/C26H25ClN8O10S3/c1-4-35-22(37)14(3)13(2)21(23(35)38)34-33-18-11-16(7-10-19(18)48(40,41)42)29-26-31-24(27)30-25(32-26)28-15-5-8-17(9-6-15)47-43-20(36)12-46-45-44-39/h5-11,37,39H,4,12H2,1-3H3,(H,40,41,42)(H2,28,29,30,31,32). The third-order valence-electron chi connectivity index (χ3n) is 6.23. The van der Waals surface area contributed by atoms with Gasteiger partial charge < -0.3 is 19.9 Å². The highest BCUT2D eigenvalue weighted by molar-refractivity contribution is 7.96. The highest BCUT2D eigenvalue weighted by Crippen LogP contribution is 2.32. The van der Waals surface area contributed by atoms with Gasteiger partial charge in [-0.15, -0.1) is 14.6 Å². The number of nitrogens with zero attached hydrogens (tertiary/aromatic N) is 6. The van der Waals surface area contributed by atoms with Gasteiger partial charge in [0.2, 0.25) is 17.2 Å². The average Bonchev–Trinajstić information content (AvgIpc) is 3.03. The molecule has 2 aromatic carbocycles. The second kappa shape index (κ2) is 16.2. The van der Waals surface area contributed by atoms with E-state index in [1.54, 1.807) is 45.0 Å². The van der Waals surface area contributed by atoms with Gasteiger partial charge in [-0.3, -0.25) is 18.7 Å². The molecular formula is C26H25ClN8O10S3. The number of aromatic hydroxyl groups is 1. The van der Waals surface area contributed by atoms with Crippen LogP contribution in [-0.2, 0) is 35.0 Å². The first-order valence-corrected chi connectivity index (χ1v) is 16.8. The van der Waals surface area contributed by atoms with Gasteiger partial charge in [-0.25, -0.2) is 5.26 Å². The maximum atomic E-state index is 12.9. The van der Waals surface area contributed by atoms with Crippen molar-refractivity contribution in [2.45, 2.75) is 37.1 Å². The van der Waals surface area contributed by atoms with E-state index in [1.165, 1.54) is 12.1 Å². The molecule has 0 radical (unpaired) electrons. The fourth-order valence-electron chi connectivity index (χ4n) is 3.86. The molecule has 4 rings (SSSR count). The van der Waals surface area contributed by atoms with E-state index in [1.807, 2.05) is 0 Å². The van der Waals surface area contributed by atoms with E-state index in [4.69, 9.17) is 21.0 Å². The molecule has 4 aromatic rings. The number of azo groups is 1. The Morgan fingerprint density at radius 3 is 2.29 bits per heavy atom. The second-order valence-corrected chi connectivity index (χ2v) is 12.5. The first-order chi connectivity index (χ1) is 22.8. The SMILES string of the molecule is CCn1c(O)c(C)c(C)c(N=Nc2cc(Nc3nc(Cl)nc(Nc4ccc(SOC(=O)CSOOO)cc4)n3)ccc2S(=O)(=O)O)c1=O. The van der Waals surface area contributed by atoms with Crippen molar-refractivity contribution in [3.63, 3.8) is 0 Å². The molecule has 2 heterocycles. The number of carbonyl (C=O) groups excluding carboxylic acids is 1. The van der Waals surface area contributed by atoms with Crippen LogP contribution in [0, 0.1) is 13.8 Å². The van der Waals surface area contributed by atoms with Gasteiger partial charge >= 0.3 is 5.97 Å². The quantitative estimate of drug-likeness (QED) is 0.0256. The van der Waals surface area contributed by atoms with Crippen LogP contribution in [0.2, 0.25) is 5.28 Å². The first kappa shape index (κ1) is 36.5. The minimum Gasteiger partial charge on any atom is -0.494 e. The van der Waals surface area contributed by atoms with E-state index in [-0.39, 0.29) is 52.4 Å². The molecule has 0 atom stereocenters. The molecule has 0 saturated heterocycles. The van der Waals surface area contributed by atoms with Gasteiger partial charge in [-0.1, -0.05) is 5.04 Å². The summed E-state index contributed by atoms with van der Waals surface area (Å²) in [6.45, 7) is 4.96. The molecule has 0 unspecified atom stereocenters. The van der Waals surface area contributed by atoms with Crippen LogP contribution in [0.3, 0.4) is 0 Å². The molecule has 0 spiro atoms. The summed E-state index contributed by atoms with van der Waals surface area (Å²) in [5.41, 5.74) is 0.379. The zero-order valence-electron chi connectivity index (χ0n) is 24.9. The third kappa shape index (κ3) is 9.38. The maximum Gasteiger partial charge on any atom is 0.330 e. The topological polar surface area (TPSA) is 249 Å². The van der Waals surface area contributed by atoms with Crippen LogP contribution in [0.15, 0.2) is 67.3 Å². The van der Waals surface area contributed by atoms with Crippen molar-refractivity contribution in [2.24, 2.45) is 10.2 Å². The number of pyridine rings is 1. The summed E-state index contributed by atoms with van der Waals surface area (Å²) >= 11 is 7.46.